The fourth-order valence-electron chi connectivity index (χ4n) is 3.72. The van der Waals surface area contributed by atoms with Gasteiger partial charge in [-0.1, -0.05) is 18.2 Å². The topological polar surface area (TPSA) is 71.4 Å². The van der Waals surface area contributed by atoms with Gasteiger partial charge in [0.25, 0.3) is 0 Å². The van der Waals surface area contributed by atoms with Crippen molar-refractivity contribution in [1.82, 2.24) is 30.0 Å². The highest BCUT2D eigenvalue weighted by molar-refractivity contribution is 5.93. The molecular formula is C20H20N6. The first kappa shape index (κ1) is 15.3. The van der Waals surface area contributed by atoms with Gasteiger partial charge in [0, 0.05) is 34.9 Å². The maximum absolute atomic E-state index is 4.94. The number of nitrogens with one attached hydrogen (secondary N) is 2. The molecule has 0 saturated carbocycles. The summed E-state index contributed by atoms with van der Waals surface area (Å²) < 4.78 is 1.93. The zero-order chi connectivity index (χ0) is 17.5. The summed E-state index contributed by atoms with van der Waals surface area (Å²) in [6, 6.07) is 12.9. The maximum atomic E-state index is 4.94. The van der Waals surface area contributed by atoms with E-state index in [1.54, 1.807) is 6.20 Å². The van der Waals surface area contributed by atoms with Crippen molar-refractivity contribution in [2.45, 2.75) is 31.8 Å². The van der Waals surface area contributed by atoms with Gasteiger partial charge in [0.05, 0.1) is 17.9 Å². The van der Waals surface area contributed by atoms with Crippen LogP contribution in [0.2, 0.25) is 0 Å². The van der Waals surface area contributed by atoms with Crippen molar-refractivity contribution >= 4 is 10.9 Å². The summed E-state index contributed by atoms with van der Waals surface area (Å²) in [5.74, 6) is 1.69. The predicted molar refractivity (Wildman–Crippen MR) is 101 cm³/mol. The summed E-state index contributed by atoms with van der Waals surface area (Å²) in [6.45, 7) is 2.21. The minimum Gasteiger partial charge on any atom is -0.360 e. The molecule has 1 aromatic carbocycles. The number of hydrogen-bond donors (Lipinski definition) is 2. The molecule has 3 aromatic heterocycles. The van der Waals surface area contributed by atoms with Crippen molar-refractivity contribution in [2.75, 3.05) is 0 Å². The second-order valence-corrected chi connectivity index (χ2v) is 6.86. The van der Waals surface area contributed by atoms with Gasteiger partial charge >= 0.3 is 0 Å². The van der Waals surface area contributed by atoms with E-state index in [4.69, 9.17) is 10.1 Å². The molecule has 0 spiro atoms. The first-order chi connectivity index (χ1) is 12.8. The zero-order valence-corrected chi connectivity index (χ0v) is 14.6. The number of nitrogens with zero attached hydrogens (tertiary/aromatic N) is 4. The Kier molecular flexibility index (Phi) is 3.57. The number of hydrogen-bond acceptors (Lipinski definition) is 4. The van der Waals surface area contributed by atoms with Crippen LogP contribution in [0.15, 0.2) is 55.0 Å². The number of fused-ring (bicyclic) bond motifs is 1. The van der Waals surface area contributed by atoms with Gasteiger partial charge < -0.3 is 10.3 Å². The molecule has 0 unspecified atom stereocenters. The second kappa shape index (κ2) is 6.07. The summed E-state index contributed by atoms with van der Waals surface area (Å²) >= 11 is 0. The smallest absolute Gasteiger partial charge is 0.184 e. The van der Waals surface area contributed by atoms with Crippen LogP contribution in [-0.2, 0) is 0 Å². The van der Waals surface area contributed by atoms with Gasteiger partial charge in [0.2, 0.25) is 0 Å². The molecule has 0 radical (unpaired) electrons. The Balaban J connectivity index is 1.67. The van der Waals surface area contributed by atoms with Crippen molar-refractivity contribution in [3.8, 4) is 17.1 Å². The number of benzene rings is 1. The predicted octanol–water partition coefficient (Wildman–Crippen LogP) is 3.62. The van der Waals surface area contributed by atoms with E-state index in [-0.39, 0.29) is 6.04 Å². The monoisotopic (exact) mass is 344 g/mol. The first-order valence-electron chi connectivity index (χ1n) is 8.99. The van der Waals surface area contributed by atoms with Crippen molar-refractivity contribution in [2.24, 2.45) is 0 Å². The third-order valence-corrected chi connectivity index (χ3v) is 5.04. The van der Waals surface area contributed by atoms with Crippen LogP contribution in [0.5, 0.6) is 0 Å². The Hall–Kier alpha value is -2.99. The van der Waals surface area contributed by atoms with Crippen molar-refractivity contribution in [3.63, 3.8) is 0 Å². The maximum Gasteiger partial charge on any atom is 0.184 e. The molecule has 4 aromatic rings. The van der Waals surface area contributed by atoms with E-state index in [2.05, 4.69) is 34.3 Å². The lowest BCUT2D eigenvalue weighted by Crippen LogP contribution is -2.23. The van der Waals surface area contributed by atoms with Crippen LogP contribution >= 0.6 is 0 Å². The average Bonchev–Trinajstić information content (AvgIpc) is 3.39. The molecule has 4 heterocycles. The summed E-state index contributed by atoms with van der Waals surface area (Å²) in [6.07, 6.45) is 7.80. The van der Waals surface area contributed by atoms with Crippen LogP contribution in [0.1, 0.15) is 31.6 Å². The van der Waals surface area contributed by atoms with E-state index in [1.165, 1.54) is 0 Å². The van der Waals surface area contributed by atoms with Gasteiger partial charge in [-0.3, -0.25) is 4.98 Å². The Morgan fingerprint density at radius 1 is 1.12 bits per heavy atom. The number of H-pyrrole nitrogens is 1. The molecule has 6 heteroatoms. The Labute approximate surface area is 151 Å². The molecule has 2 atom stereocenters. The summed E-state index contributed by atoms with van der Waals surface area (Å²) in [5.41, 5.74) is 3.05. The van der Waals surface area contributed by atoms with Crippen LogP contribution in [0.4, 0.5) is 0 Å². The molecule has 130 valence electrons. The van der Waals surface area contributed by atoms with E-state index in [1.807, 2.05) is 41.3 Å². The molecule has 1 aliphatic heterocycles. The van der Waals surface area contributed by atoms with Gasteiger partial charge in [-0.05, 0) is 38.0 Å². The second-order valence-electron chi connectivity index (χ2n) is 6.86. The van der Waals surface area contributed by atoms with Crippen LogP contribution < -0.4 is 5.32 Å². The Morgan fingerprint density at radius 3 is 2.85 bits per heavy atom. The normalized spacial score (nSPS) is 20.0. The summed E-state index contributed by atoms with van der Waals surface area (Å²) in [7, 11) is 0. The third-order valence-electron chi connectivity index (χ3n) is 5.04. The van der Waals surface area contributed by atoms with Gasteiger partial charge in [0.15, 0.2) is 5.82 Å². The highest BCUT2D eigenvalue weighted by atomic mass is 15.4. The van der Waals surface area contributed by atoms with Crippen molar-refractivity contribution in [1.29, 1.82) is 0 Å². The van der Waals surface area contributed by atoms with Crippen molar-refractivity contribution < 1.29 is 0 Å². The lowest BCUT2D eigenvalue weighted by Gasteiger charge is -2.12. The number of aromatic nitrogens is 5. The molecule has 1 saturated heterocycles. The van der Waals surface area contributed by atoms with E-state index < -0.39 is 0 Å². The molecule has 5 rings (SSSR count). The van der Waals surface area contributed by atoms with Gasteiger partial charge in [0.1, 0.15) is 5.82 Å². The van der Waals surface area contributed by atoms with Crippen LogP contribution in [0.3, 0.4) is 0 Å². The van der Waals surface area contributed by atoms with Gasteiger partial charge in [-0.15, -0.1) is 5.10 Å². The standard InChI is InChI=1S/C20H20N6/c1-13-8-9-18(23-13)20-24-19(25-26(20)14-5-4-10-21-11-14)16-12-22-17-7-3-2-6-15(16)17/h2-7,10-13,18,22-23H,8-9H2,1H3/t13-,18-/m0/s1. The molecule has 0 amide bonds. The molecule has 1 aliphatic rings. The Morgan fingerprint density at radius 2 is 2.04 bits per heavy atom. The molecule has 6 nitrogen and oxygen atoms in total. The quantitative estimate of drug-likeness (QED) is 0.595. The summed E-state index contributed by atoms with van der Waals surface area (Å²) in [4.78, 5) is 12.5. The molecule has 0 aliphatic carbocycles. The number of pyridine rings is 1. The minimum absolute atomic E-state index is 0.205. The number of aromatic amines is 1. The highest BCUT2D eigenvalue weighted by Gasteiger charge is 2.28. The molecule has 0 bridgehead atoms. The number of para-hydroxylation sites is 1. The fraction of sp³-hybridized carbons (Fsp3) is 0.250. The minimum atomic E-state index is 0.205. The van der Waals surface area contributed by atoms with E-state index in [0.29, 0.717) is 6.04 Å². The molecule has 26 heavy (non-hydrogen) atoms. The first-order valence-corrected chi connectivity index (χ1v) is 8.99. The van der Waals surface area contributed by atoms with Crippen LogP contribution in [-0.4, -0.2) is 30.8 Å². The molecule has 2 N–H and O–H groups in total. The third kappa shape index (κ3) is 2.50. The van der Waals surface area contributed by atoms with Crippen LogP contribution in [0, 0.1) is 0 Å². The van der Waals surface area contributed by atoms with Crippen molar-refractivity contribution in [3.05, 3.63) is 60.8 Å². The van der Waals surface area contributed by atoms with Gasteiger partial charge in [-0.25, -0.2) is 9.67 Å². The summed E-state index contributed by atoms with van der Waals surface area (Å²) in [5, 5.41) is 9.61. The highest BCUT2D eigenvalue weighted by Crippen LogP contribution is 2.31. The average molecular weight is 344 g/mol. The molecule has 1 fully saturated rings. The Bertz CT molecular complexity index is 1050. The van der Waals surface area contributed by atoms with Crippen LogP contribution in [0.25, 0.3) is 28.0 Å². The largest absolute Gasteiger partial charge is 0.360 e. The van der Waals surface area contributed by atoms with Gasteiger partial charge in [-0.2, -0.15) is 0 Å². The lowest BCUT2D eigenvalue weighted by atomic mass is 10.1. The zero-order valence-electron chi connectivity index (χ0n) is 14.6. The SMILES string of the molecule is C[C@H]1CC[C@@H](c2nc(-c3c[nH]c4ccccc34)nn2-c2cccnc2)N1. The fourth-order valence-corrected chi connectivity index (χ4v) is 3.72. The van der Waals surface area contributed by atoms with E-state index in [9.17, 15) is 0 Å². The lowest BCUT2D eigenvalue weighted by molar-refractivity contribution is 0.545. The van der Waals surface area contributed by atoms with E-state index in [0.717, 1.165) is 46.6 Å². The van der Waals surface area contributed by atoms with E-state index >= 15 is 0 Å². The number of rotatable bonds is 3. The molecular weight excluding hydrogens is 324 g/mol.